The zero-order valence-electron chi connectivity index (χ0n) is 5.40. The van der Waals surface area contributed by atoms with Gasteiger partial charge in [-0.05, 0) is 0 Å². The van der Waals surface area contributed by atoms with Crippen LogP contribution in [-0.4, -0.2) is 2.29 Å². The first-order chi connectivity index (χ1) is 5.44. The maximum absolute atomic E-state index is 2.58. The maximum atomic E-state index is 2.58. The molecule has 0 aliphatic heterocycles. The number of alkyl halides is 7. The molecule has 0 saturated heterocycles. The van der Waals surface area contributed by atoms with Gasteiger partial charge in [0.05, 0.1) is 0 Å². The van der Waals surface area contributed by atoms with Crippen LogP contribution in [-0.2, 0) is 0 Å². The van der Waals surface area contributed by atoms with Gasteiger partial charge in [0.25, 0.3) is 0 Å². The van der Waals surface area contributed by atoms with Crippen LogP contribution in [0.15, 0.2) is 0 Å². The fourth-order valence-electron chi connectivity index (χ4n) is 0.375. The summed E-state index contributed by atoms with van der Waals surface area (Å²) in [5.41, 5.74) is 0. The summed E-state index contributed by atoms with van der Waals surface area (Å²) in [7, 11) is 0. The van der Waals surface area contributed by atoms with Crippen LogP contribution < -0.4 is 0 Å². The average Bonchev–Trinajstić information content (AvgIpc) is 1.80. The predicted molar refractivity (Wildman–Crippen MR) is 138 cm³/mol. The van der Waals surface area contributed by atoms with E-state index >= 15 is 0 Å². The minimum atomic E-state index is 0.155. The molecule has 0 saturated carbocycles. The Bertz CT molecular complexity index is 159. The van der Waals surface area contributed by atoms with Crippen molar-refractivity contribution in [3.8, 4) is 0 Å². The van der Waals surface area contributed by atoms with Gasteiger partial charge in [-0.2, -0.15) is 0 Å². The van der Waals surface area contributed by atoms with Crippen molar-refractivity contribution in [2.24, 2.45) is 0 Å². The van der Waals surface area contributed by atoms with Crippen molar-refractivity contribution < 1.29 is 0 Å². The Morgan fingerprint density at radius 3 is 0.846 bits per heavy atom. The van der Waals surface area contributed by atoms with Gasteiger partial charge in [0, 0.05) is 0 Å². The predicted octanol–water partition coefficient (Wildman–Crippen LogP) is 7.44. The van der Waals surface area contributed by atoms with Gasteiger partial charge in [0.1, 0.15) is 4.22 Å². The summed E-state index contributed by atoms with van der Waals surface area (Å²) < 4.78 is 1.94. The zero-order valence-corrected chi connectivity index (χ0v) is 24.8. The first kappa shape index (κ1) is 19.6. The summed E-state index contributed by atoms with van der Waals surface area (Å²) in [5, 5.41) is 0. The molecular weight excluding hydrogens is 1190 g/mol. The second-order valence-electron chi connectivity index (χ2n) is 1.91. The smallest absolute Gasteiger partial charge is 0.0700 e. The van der Waals surface area contributed by atoms with Gasteiger partial charge in [-0.25, -0.2) is 0 Å². The Morgan fingerprint density at radius 2 is 0.846 bits per heavy atom. The van der Waals surface area contributed by atoms with Crippen molar-refractivity contribution in [3.05, 3.63) is 1.93 Å². The summed E-state index contributed by atoms with van der Waals surface area (Å²) in [4.78, 5) is 0. The highest BCUT2D eigenvalue weighted by Gasteiger charge is 2.60. The molecule has 0 atom stereocenters. The monoisotopic (exact) mass is 1190 g/mol. The second-order valence-corrected chi connectivity index (χ2v) is 29.8. The third-order valence-electron chi connectivity index (χ3n) is 1.04. The van der Waals surface area contributed by atoms with Crippen LogP contribution in [0.2, 0.25) is 0 Å². The van der Waals surface area contributed by atoms with Crippen LogP contribution in [0.4, 0.5) is 0 Å². The summed E-state index contributed by atoms with van der Waals surface area (Å²) in [6.07, 6.45) is 0. The van der Waals surface area contributed by atoms with Crippen molar-refractivity contribution in [3.63, 3.8) is 0 Å². The Hall–Kier alpha value is 6.57. The van der Waals surface area contributed by atoms with Crippen molar-refractivity contribution in [1.29, 1.82) is 0 Å². The van der Waals surface area contributed by atoms with E-state index in [4.69, 9.17) is 0 Å². The minimum absolute atomic E-state index is 0.155. The highest BCUT2D eigenvalue weighted by Crippen LogP contribution is 2.69. The van der Waals surface area contributed by atoms with E-state index in [0.717, 1.165) is 0 Å². The molecule has 0 spiro atoms. The van der Waals surface area contributed by atoms with Crippen LogP contribution in [0.5, 0.6) is 0 Å². The number of rotatable bonds is 3. The second kappa shape index (κ2) is 7.54. The van der Waals surface area contributed by atoms with E-state index in [1.165, 1.54) is 1.93 Å². The zero-order chi connectivity index (χ0) is 11.1. The van der Waals surface area contributed by atoms with Crippen LogP contribution in [0, 0.1) is 1.93 Å². The number of hydrogen-bond acceptors (Lipinski definition) is 0. The van der Waals surface area contributed by atoms with Gasteiger partial charge in [0.15, 0.2) is 0 Å². The minimum Gasteiger partial charge on any atom is -0.0700 e. The lowest BCUT2D eigenvalue weighted by molar-refractivity contribution is 0.926. The summed E-state index contributed by atoms with van der Waals surface area (Å²) >= 11 is 22.6. The molecule has 1 radical (unpaired) electrons. The van der Waals surface area contributed by atoms with E-state index in [2.05, 4.69) is 203 Å². The summed E-state index contributed by atoms with van der Waals surface area (Å²) in [6, 6.07) is 0. The standard InChI is InChI=1S/C4I9/c5-1(6)2(7,3(8,9)10)4(11,12)13. The molecule has 0 nitrogen and oxygen atoms in total. The molecule has 0 aromatic heterocycles. The Morgan fingerprint density at radius 1 is 0.615 bits per heavy atom. The largest absolute Gasteiger partial charge is 0.143 e. The first-order valence-electron chi connectivity index (χ1n) is 2.45. The lowest BCUT2D eigenvalue weighted by Crippen LogP contribution is -2.47. The van der Waals surface area contributed by atoms with Crippen molar-refractivity contribution in [2.75, 3.05) is 0 Å². The molecule has 0 bridgehead atoms. The quantitative estimate of drug-likeness (QED) is 0.204. The number of hydrogen-bond donors (Lipinski definition) is 0. The Labute approximate surface area is 201 Å². The molecule has 0 heterocycles. The maximum Gasteiger partial charge on any atom is 0.143 e. The van der Waals surface area contributed by atoms with Crippen LogP contribution in [0.25, 0.3) is 0 Å². The number of halogens is 9. The van der Waals surface area contributed by atoms with Gasteiger partial charge in [-0.1, -0.05) is 203 Å². The average molecular weight is 1190 g/mol. The normalized spacial score (nSPS) is 15.2. The van der Waals surface area contributed by atoms with E-state index in [0.29, 0.717) is 0 Å². The Balaban J connectivity index is 5.22. The molecule has 13 heavy (non-hydrogen) atoms. The van der Waals surface area contributed by atoms with Crippen molar-refractivity contribution >= 4 is 203 Å². The molecule has 0 N–H and O–H groups in total. The van der Waals surface area contributed by atoms with Crippen molar-refractivity contribution in [1.82, 2.24) is 0 Å². The van der Waals surface area contributed by atoms with Crippen LogP contribution >= 0.6 is 203 Å². The van der Waals surface area contributed by atoms with Crippen LogP contribution in [0.1, 0.15) is 0 Å². The third-order valence-corrected chi connectivity index (χ3v) is 17.9. The van der Waals surface area contributed by atoms with E-state index in [1.807, 2.05) is 0 Å². The van der Waals surface area contributed by atoms with E-state index in [-0.39, 0.29) is 2.29 Å². The molecule has 0 aliphatic rings. The third kappa shape index (κ3) is 5.46. The topological polar surface area (TPSA) is 0 Å². The van der Waals surface area contributed by atoms with Gasteiger partial charge < -0.3 is 0 Å². The summed E-state index contributed by atoms with van der Waals surface area (Å²) in [5.74, 6) is 0. The van der Waals surface area contributed by atoms with E-state index in [9.17, 15) is 0 Å². The van der Waals surface area contributed by atoms with Gasteiger partial charge in [-0.15, -0.1) is 0 Å². The first-order valence-corrected chi connectivity index (χ1v) is 12.2. The Kier molecular flexibility index (Phi) is 11.4. The molecule has 79 valence electrons. The van der Waals surface area contributed by atoms with E-state index in [1.54, 1.807) is 0 Å². The van der Waals surface area contributed by atoms with Crippen LogP contribution in [0.3, 0.4) is 0 Å². The molecule has 0 fully saturated rings. The molecular formula is C4I9. The fraction of sp³-hybridized carbons (Fsp3) is 0.750. The highest BCUT2D eigenvalue weighted by molar-refractivity contribution is 14.3. The van der Waals surface area contributed by atoms with E-state index < -0.39 is 0 Å². The SMILES string of the molecule is I[C](I)C(I)(C(I)(I)I)C(I)(I)I. The lowest BCUT2D eigenvalue weighted by Gasteiger charge is -2.43. The van der Waals surface area contributed by atoms with Crippen molar-refractivity contribution in [2.45, 2.75) is 2.29 Å². The summed E-state index contributed by atoms with van der Waals surface area (Å²) in [6.45, 7) is 0. The highest BCUT2D eigenvalue weighted by atomic mass is 127. The fourth-order valence-corrected chi connectivity index (χ4v) is 16.9. The molecule has 0 aromatic carbocycles. The van der Waals surface area contributed by atoms with Gasteiger partial charge in [0.2, 0.25) is 0 Å². The molecule has 9 heteroatoms. The molecule has 0 aromatic rings. The molecule has 0 amide bonds. The van der Waals surface area contributed by atoms with Gasteiger partial charge in [-0.3, -0.25) is 0 Å². The molecule has 0 aliphatic carbocycles. The lowest BCUT2D eigenvalue weighted by atomic mass is 10.3. The molecule has 0 unspecified atom stereocenters. The van der Waals surface area contributed by atoms with Gasteiger partial charge >= 0.3 is 0 Å². The molecule has 0 rings (SSSR count).